The van der Waals surface area contributed by atoms with E-state index < -0.39 is 23.8 Å². The predicted molar refractivity (Wildman–Crippen MR) is 162 cm³/mol. The molecule has 0 aromatic heterocycles. The molecule has 0 spiro atoms. The van der Waals surface area contributed by atoms with Gasteiger partial charge in [0.2, 0.25) is 5.91 Å². The number of alkyl carbamates (subject to hydrolysis) is 1. The third-order valence-corrected chi connectivity index (χ3v) is 6.95. The van der Waals surface area contributed by atoms with E-state index in [1.165, 1.54) is 0 Å². The lowest BCUT2D eigenvalue weighted by Gasteiger charge is -2.38. The molecule has 0 aliphatic heterocycles. The van der Waals surface area contributed by atoms with E-state index in [0.29, 0.717) is 12.3 Å². The number of amides is 3. The number of hydrogen-bond donors (Lipinski definition) is 2. The van der Waals surface area contributed by atoms with Crippen LogP contribution in [0.25, 0.3) is 0 Å². The van der Waals surface area contributed by atoms with Gasteiger partial charge in [-0.15, -0.1) is 0 Å². The quantitative estimate of drug-likeness (QED) is 0.311. The summed E-state index contributed by atoms with van der Waals surface area (Å²) < 4.78 is 5.40. The molecular weight excluding hydrogens is 502 g/mol. The monoisotopic (exact) mass is 551 g/mol. The Morgan fingerprint density at radius 2 is 1.48 bits per heavy atom. The van der Waals surface area contributed by atoms with E-state index in [0.717, 1.165) is 40.8 Å². The summed E-state index contributed by atoms with van der Waals surface area (Å²) in [7, 11) is 0. The Bertz CT molecular complexity index is 1130. The number of rotatable bonds is 11. The van der Waals surface area contributed by atoms with E-state index in [-0.39, 0.29) is 17.9 Å². The standard InChI is InChI=1S/C33H49N3O4/c1-11-26-17-19-27(20-18-26)29(30(37)35-28-22(4)13-12-14-23(28)5)36(24(6)16-15-21(2)3)31(38)25(7)34-32(39)40-33(8,9)10/h12-14,17-21,24-25,29H,11,15-16H2,1-10H3,(H,34,39)(H,35,37). The summed E-state index contributed by atoms with van der Waals surface area (Å²) in [6.45, 7) is 19.2. The number of carbonyl (C=O) groups is 3. The van der Waals surface area contributed by atoms with Gasteiger partial charge in [-0.3, -0.25) is 9.59 Å². The minimum atomic E-state index is -0.901. The summed E-state index contributed by atoms with van der Waals surface area (Å²) in [4.78, 5) is 42.5. The molecule has 0 bridgehead atoms. The van der Waals surface area contributed by atoms with Crippen molar-refractivity contribution in [2.24, 2.45) is 5.92 Å². The number of benzene rings is 2. The molecule has 3 amide bonds. The SMILES string of the molecule is CCc1ccc(C(C(=O)Nc2c(C)cccc2C)N(C(=O)C(C)NC(=O)OC(C)(C)C)C(C)CCC(C)C)cc1. The number of ether oxygens (including phenoxy) is 1. The number of para-hydroxylation sites is 1. The van der Waals surface area contributed by atoms with Gasteiger partial charge in [0.15, 0.2) is 0 Å². The number of hydrogen-bond acceptors (Lipinski definition) is 4. The van der Waals surface area contributed by atoms with Crippen molar-refractivity contribution in [3.05, 3.63) is 64.7 Å². The fourth-order valence-corrected chi connectivity index (χ4v) is 4.66. The first-order valence-electron chi connectivity index (χ1n) is 14.4. The third-order valence-electron chi connectivity index (χ3n) is 6.95. The predicted octanol–water partition coefficient (Wildman–Crippen LogP) is 7.11. The van der Waals surface area contributed by atoms with E-state index in [2.05, 4.69) is 31.4 Å². The van der Waals surface area contributed by atoms with Gasteiger partial charge in [-0.1, -0.05) is 63.2 Å². The Labute approximate surface area is 241 Å². The number of aryl methyl sites for hydroxylation is 3. The molecule has 2 N–H and O–H groups in total. The van der Waals surface area contributed by atoms with Crippen molar-refractivity contribution in [2.45, 2.75) is 112 Å². The molecule has 40 heavy (non-hydrogen) atoms. The molecule has 2 aromatic carbocycles. The van der Waals surface area contributed by atoms with Crippen LogP contribution in [-0.4, -0.2) is 40.5 Å². The lowest BCUT2D eigenvalue weighted by Crippen LogP contribution is -2.54. The Morgan fingerprint density at radius 1 is 0.900 bits per heavy atom. The van der Waals surface area contributed by atoms with Crippen LogP contribution in [0.1, 0.15) is 96.5 Å². The zero-order chi connectivity index (χ0) is 30.2. The second-order valence-electron chi connectivity index (χ2n) is 12.2. The lowest BCUT2D eigenvalue weighted by atomic mass is 9.96. The van der Waals surface area contributed by atoms with E-state index in [4.69, 9.17) is 4.74 Å². The Morgan fingerprint density at radius 3 is 1.98 bits per heavy atom. The van der Waals surface area contributed by atoms with E-state index in [1.807, 2.05) is 63.2 Å². The smallest absolute Gasteiger partial charge is 0.408 e. The second-order valence-corrected chi connectivity index (χ2v) is 12.2. The highest BCUT2D eigenvalue weighted by Gasteiger charge is 2.37. The fraction of sp³-hybridized carbons (Fsp3) is 0.545. The van der Waals surface area contributed by atoms with Crippen LogP contribution >= 0.6 is 0 Å². The lowest BCUT2D eigenvalue weighted by molar-refractivity contribution is -0.143. The Balaban J connectivity index is 2.57. The second kappa shape index (κ2) is 14.3. The van der Waals surface area contributed by atoms with E-state index in [1.54, 1.807) is 32.6 Å². The molecule has 0 radical (unpaired) electrons. The maximum absolute atomic E-state index is 14.2. The van der Waals surface area contributed by atoms with Gasteiger partial charge in [-0.25, -0.2) is 4.79 Å². The van der Waals surface area contributed by atoms with Gasteiger partial charge < -0.3 is 20.3 Å². The highest BCUT2D eigenvalue weighted by Crippen LogP contribution is 2.30. The largest absolute Gasteiger partial charge is 0.444 e. The van der Waals surface area contributed by atoms with Gasteiger partial charge >= 0.3 is 6.09 Å². The zero-order valence-corrected chi connectivity index (χ0v) is 26.1. The molecule has 2 rings (SSSR count). The first-order valence-corrected chi connectivity index (χ1v) is 14.4. The summed E-state index contributed by atoms with van der Waals surface area (Å²) in [5.74, 6) is -0.207. The summed E-state index contributed by atoms with van der Waals surface area (Å²) in [6, 6.07) is 11.6. The molecule has 0 saturated carbocycles. The van der Waals surface area contributed by atoms with Crippen LogP contribution in [0.2, 0.25) is 0 Å². The maximum Gasteiger partial charge on any atom is 0.408 e. The van der Waals surface area contributed by atoms with Crippen molar-refractivity contribution in [1.29, 1.82) is 0 Å². The topological polar surface area (TPSA) is 87.7 Å². The van der Waals surface area contributed by atoms with Gasteiger partial charge in [-0.2, -0.15) is 0 Å². The molecule has 0 fully saturated rings. The maximum atomic E-state index is 14.2. The third kappa shape index (κ3) is 9.39. The van der Waals surface area contributed by atoms with Gasteiger partial charge in [-0.05, 0) is 95.9 Å². The first kappa shape index (κ1) is 32.9. The molecule has 3 atom stereocenters. The molecular formula is C33H49N3O4. The van der Waals surface area contributed by atoms with Crippen molar-refractivity contribution < 1.29 is 19.1 Å². The van der Waals surface area contributed by atoms with Gasteiger partial charge in [0, 0.05) is 11.7 Å². The molecule has 0 aliphatic rings. The number of nitrogens with one attached hydrogen (secondary N) is 2. The Kier molecular flexibility index (Phi) is 11.8. The van der Waals surface area contributed by atoms with Crippen LogP contribution in [0, 0.1) is 19.8 Å². The molecule has 0 saturated heterocycles. The van der Waals surface area contributed by atoms with E-state index in [9.17, 15) is 14.4 Å². The highest BCUT2D eigenvalue weighted by atomic mass is 16.6. The van der Waals surface area contributed by atoms with Crippen molar-refractivity contribution in [1.82, 2.24) is 10.2 Å². The molecule has 220 valence electrons. The van der Waals surface area contributed by atoms with Gasteiger partial charge in [0.05, 0.1) is 0 Å². The summed E-state index contributed by atoms with van der Waals surface area (Å²) in [6.07, 6.45) is 1.79. The fourth-order valence-electron chi connectivity index (χ4n) is 4.66. The number of anilines is 1. The average molecular weight is 552 g/mol. The first-order chi connectivity index (χ1) is 18.6. The van der Waals surface area contributed by atoms with Crippen LogP contribution in [0.4, 0.5) is 10.5 Å². The molecule has 2 aromatic rings. The van der Waals surface area contributed by atoms with Crippen molar-refractivity contribution in [3.8, 4) is 0 Å². The van der Waals surface area contributed by atoms with Crippen LogP contribution < -0.4 is 10.6 Å². The van der Waals surface area contributed by atoms with Gasteiger partial charge in [0.25, 0.3) is 5.91 Å². The minimum Gasteiger partial charge on any atom is -0.444 e. The van der Waals surface area contributed by atoms with Crippen LogP contribution in [0.3, 0.4) is 0 Å². The van der Waals surface area contributed by atoms with Crippen LogP contribution in [-0.2, 0) is 20.7 Å². The summed E-state index contributed by atoms with van der Waals surface area (Å²) in [5.41, 5.74) is 3.79. The molecule has 0 aliphatic carbocycles. The van der Waals surface area contributed by atoms with E-state index >= 15 is 0 Å². The number of nitrogens with zero attached hydrogens (tertiary/aromatic N) is 1. The average Bonchev–Trinajstić information content (AvgIpc) is 2.86. The summed E-state index contributed by atoms with van der Waals surface area (Å²) in [5, 5.41) is 5.81. The molecule has 7 nitrogen and oxygen atoms in total. The molecule has 3 unspecified atom stereocenters. The van der Waals surface area contributed by atoms with Crippen LogP contribution in [0.5, 0.6) is 0 Å². The molecule has 0 heterocycles. The molecule has 7 heteroatoms. The normalized spacial score (nSPS) is 13.8. The van der Waals surface area contributed by atoms with Crippen molar-refractivity contribution in [3.63, 3.8) is 0 Å². The van der Waals surface area contributed by atoms with Crippen LogP contribution in [0.15, 0.2) is 42.5 Å². The Hall–Kier alpha value is -3.35. The van der Waals surface area contributed by atoms with Gasteiger partial charge in [0.1, 0.15) is 17.7 Å². The van der Waals surface area contributed by atoms with Crippen molar-refractivity contribution >= 4 is 23.6 Å². The highest BCUT2D eigenvalue weighted by molar-refractivity contribution is 6.00. The zero-order valence-electron chi connectivity index (χ0n) is 26.1. The number of carbonyl (C=O) groups excluding carboxylic acids is 3. The van der Waals surface area contributed by atoms with Crippen molar-refractivity contribution in [2.75, 3.05) is 5.32 Å². The summed E-state index contributed by atoms with van der Waals surface area (Å²) >= 11 is 0. The minimum absolute atomic E-state index is 0.266.